The van der Waals surface area contributed by atoms with Crippen molar-refractivity contribution in [1.82, 2.24) is 4.90 Å². The highest BCUT2D eigenvalue weighted by atomic mass is 35.5. The van der Waals surface area contributed by atoms with Crippen LogP contribution in [0.4, 0.5) is 8.78 Å². The Morgan fingerprint density at radius 2 is 1.82 bits per heavy atom. The number of esters is 1. The highest BCUT2D eigenvalue weighted by Gasteiger charge is 2.51. The zero-order valence-corrected chi connectivity index (χ0v) is 16.9. The van der Waals surface area contributed by atoms with Crippen LogP contribution in [0.5, 0.6) is 11.5 Å². The third kappa shape index (κ3) is 3.22. The van der Waals surface area contributed by atoms with Gasteiger partial charge in [-0.25, -0.2) is 13.6 Å². The molecule has 5 nitrogen and oxygen atoms in total. The third-order valence-corrected chi connectivity index (χ3v) is 6.56. The summed E-state index contributed by atoms with van der Waals surface area (Å²) in [5.41, 5.74) is 0.980. The van der Waals surface area contributed by atoms with E-state index in [2.05, 4.69) is 0 Å². The average Bonchev–Trinajstić information content (AvgIpc) is 3.02. The number of likely N-dealkylation sites (tertiary alicyclic amines) is 1. The Morgan fingerprint density at radius 3 is 2.39 bits per heavy atom. The van der Waals surface area contributed by atoms with Crippen LogP contribution in [0.2, 0.25) is 5.02 Å². The SMILES string of the molecule is COC(=O)c1cc(Cl)c2c(c1C)O[C@](C)(C1CCC(N3CC(F)(F)C3)CC1)O2. The smallest absolute Gasteiger partial charge is 0.338 e. The van der Waals surface area contributed by atoms with Crippen LogP contribution in [0.15, 0.2) is 6.07 Å². The van der Waals surface area contributed by atoms with Crippen molar-refractivity contribution < 1.29 is 27.8 Å². The molecule has 1 aromatic rings. The van der Waals surface area contributed by atoms with Gasteiger partial charge in [0, 0.05) is 24.4 Å². The molecule has 1 atom stereocenters. The van der Waals surface area contributed by atoms with Crippen LogP contribution >= 0.6 is 11.6 Å². The molecule has 8 heteroatoms. The topological polar surface area (TPSA) is 48.0 Å². The molecule has 4 rings (SSSR count). The maximum Gasteiger partial charge on any atom is 0.338 e. The van der Waals surface area contributed by atoms with Gasteiger partial charge in [-0.3, -0.25) is 4.90 Å². The molecule has 0 amide bonds. The van der Waals surface area contributed by atoms with Crippen LogP contribution in [0, 0.1) is 12.8 Å². The minimum Gasteiger partial charge on any atom is -0.465 e. The Balaban J connectivity index is 1.47. The average molecular weight is 416 g/mol. The minimum atomic E-state index is -2.53. The highest BCUT2D eigenvalue weighted by molar-refractivity contribution is 6.32. The number of rotatable bonds is 3. The zero-order chi connectivity index (χ0) is 20.3. The van der Waals surface area contributed by atoms with Crippen LogP contribution in [-0.4, -0.2) is 48.8 Å². The first-order valence-electron chi connectivity index (χ1n) is 9.55. The Morgan fingerprint density at radius 1 is 1.21 bits per heavy atom. The maximum atomic E-state index is 13.1. The second kappa shape index (κ2) is 6.73. The van der Waals surface area contributed by atoms with Gasteiger partial charge < -0.3 is 14.2 Å². The van der Waals surface area contributed by atoms with Crippen molar-refractivity contribution in [3.05, 3.63) is 22.2 Å². The van der Waals surface area contributed by atoms with E-state index in [0.29, 0.717) is 27.6 Å². The molecule has 1 saturated carbocycles. The number of halogens is 3. The normalized spacial score (nSPS) is 31.4. The van der Waals surface area contributed by atoms with Crippen molar-refractivity contribution in [3.8, 4) is 11.5 Å². The summed E-state index contributed by atoms with van der Waals surface area (Å²) in [5, 5.41) is 0.307. The van der Waals surface area contributed by atoms with Gasteiger partial charge in [0.05, 0.1) is 30.8 Å². The fourth-order valence-electron chi connectivity index (χ4n) is 4.61. The Bertz CT molecular complexity index is 802. The van der Waals surface area contributed by atoms with Gasteiger partial charge >= 0.3 is 5.97 Å². The number of methoxy groups -OCH3 is 1. The van der Waals surface area contributed by atoms with E-state index in [4.69, 9.17) is 25.8 Å². The van der Waals surface area contributed by atoms with Gasteiger partial charge in [0.15, 0.2) is 11.5 Å². The molecule has 0 unspecified atom stereocenters. The molecule has 2 aliphatic heterocycles. The Labute approximate surface area is 167 Å². The van der Waals surface area contributed by atoms with E-state index in [1.807, 2.05) is 11.8 Å². The van der Waals surface area contributed by atoms with Gasteiger partial charge in [0.1, 0.15) is 0 Å². The first kappa shape index (κ1) is 19.7. The fraction of sp³-hybridized carbons (Fsp3) is 0.650. The third-order valence-electron chi connectivity index (χ3n) is 6.28. The predicted octanol–water partition coefficient (Wildman–Crippen LogP) is 4.43. The van der Waals surface area contributed by atoms with Crippen molar-refractivity contribution in [3.63, 3.8) is 0 Å². The molecule has 154 valence electrons. The molecule has 0 spiro atoms. The number of carbonyl (C=O) groups is 1. The summed E-state index contributed by atoms with van der Waals surface area (Å²) in [6.07, 6.45) is 3.30. The van der Waals surface area contributed by atoms with E-state index in [-0.39, 0.29) is 25.0 Å². The van der Waals surface area contributed by atoms with E-state index in [9.17, 15) is 13.6 Å². The van der Waals surface area contributed by atoms with Crippen LogP contribution in [0.1, 0.15) is 48.5 Å². The summed E-state index contributed by atoms with van der Waals surface area (Å²) in [6.45, 7) is 3.38. The number of ether oxygens (including phenoxy) is 3. The summed E-state index contributed by atoms with van der Waals surface area (Å²) in [4.78, 5) is 13.9. The number of fused-ring (bicyclic) bond motifs is 1. The lowest BCUT2D eigenvalue weighted by molar-refractivity contribution is -0.162. The van der Waals surface area contributed by atoms with Gasteiger partial charge in [-0.05, 0) is 38.7 Å². The van der Waals surface area contributed by atoms with Crippen LogP contribution in [-0.2, 0) is 4.74 Å². The summed E-state index contributed by atoms with van der Waals surface area (Å²) in [6, 6.07) is 1.73. The van der Waals surface area contributed by atoms with Crippen LogP contribution < -0.4 is 9.47 Å². The molecule has 0 bridgehead atoms. The van der Waals surface area contributed by atoms with Crippen molar-refractivity contribution in [2.75, 3.05) is 20.2 Å². The molecule has 2 fully saturated rings. The summed E-state index contributed by atoms with van der Waals surface area (Å²) < 4.78 is 43.4. The van der Waals surface area contributed by atoms with Gasteiger partial charge in [-0.2, -0.15) is 0 Å². The summed E-state index contributed by atoms with van der Waals surface area (Å²) in [5.74, 6) is -2.89. The van der Waals surface area contributed by atoms with E-state index in [1.165, 1.54) is 13.2 Å². The lowest BCUT2D eigenvalue weighted by atomic mass is 9.80. The number of carbonyl (C=O) groups excluding carboxylic acids is 1. The second-order valence-electron chi connectivity index (χ2n) is 8.17. The van der Waals surface area contributed by atoms with Gasteiger partial charge in [-0.15, -0.1) is 0 Å². The summed E-state index contributed by atoms with van der Waals surface area (Å²) in [7, 11) is 1.32. The fourth-order valence-corrected chi connectivity index (χ4v) is 4.84. The molecule has 2 heterocycles. The van der Waals surface area contributed by atoms with Crippen LogP contribution in [0.3, 0.4) is 0 Å². The second-order valence-corrected chi connectivity index (χ2v) is 8.57. The highest BCUT2D eigenvalue weighted by Crippen LogP contribution is 2.52. The number of benzene rings is 1. The molecular formula is C20H24ClF2NO4. The van der Waals surface area contributed by atoms with Gasteiger partial charge in [-0.1, -0.05) is 11.6 Å². The van der Waals surface area contributed by atoms with Crippen molar-refractivity contribution in [1.29, 1.82) is 0 Å². The quantitative estimate of drug-likeness (QED) is 0.683. The number of hydrogen-bond donors (Lipinski definition) is 0. The largest absolute Gasteiger partial charge is 0.465 e. The Kier molecular flexibility index (Phi) is 4.74. The lowest BCUT2D eigenvalue weighted by Gasteiger charge is -2.47. The molecule has 1 aliphatic carbocycles. The zero-order valence-electron chi connectivity index (χ0n) is 16.2. The first-order valence-corrected chi connectivity index (χ1v) is 9.92. The monoisotopic (exact) mass is 415 g/mol. The molecule has 0 radical (unpaired) electrons. The van der Waals surface area contributed by atoms with Crippen molar-refractivity contribution >= 4 is 17.6 Å². The standard InChI is InChI=1S/C20H24ClF2NO4/c1-11-14(18(25)26-3)8-15(21)17-16(11)27-19(2,28-17)12-4-6-13(7-5-12)24-9-20(22,23)10-24/h8,12-13H,4-7,9-10H2,1-3H3/t12?,13?,19-/m0/s1. The lowest BCUT2D eigenvalue weighted by Crippen LogP contribution is -2.61. The number of nitrogens with zero attached hydrogens (tertiary/aromatic N) is 1. The molecule has 0 aromatic heterocycles. The van der Waals surface area contributed by atoms with Crippen LogP contribution in [0.25, 0.3) is 0 Å². The van der Waals surface area contributed by atoms with Gasteiger partial charge in [0.25, 0.3) is 11.7 Å². The molecule has 1 aromatic carbocycles. The molecule has 1 saturated heterocycles. The Hall–Kier alpha value is -1.60. The molecule has 0 N–H and O–H groups in total. The number of hydrogen-bond acceptors (Lipinski definition) is 5. The van der Waals surface area contributed by atoms with E-state index >= 15 is 0 Å². The molecular weight excluding hydrogens is 392 g/mol. The maximum absolute atomic E-state index is 13.1. The number of alkyl halides is 2. The van der Waals surface area contributed by atoms with Crippen molar-refractivity contribution in [2.24, 2.45) is 5.92 Å². The van der Waals surface area contributed by atoms with E-state index in [0.717, 1.165) is 25.7 Å². The first-order chi connectivity index (χ1) is 13.1. The van der Waals surface area contributed by atoms with Gasteiger partial charge in [0.2, 0.25) is 0 Å². The molecule has 28 heavy (non-hydrogen) atoms. The van der Waals surface area contributed by atoms with E-state index in [1.54, 1.807) is 6.92 Å². The van der Waals surface area contributed by atoms with E-state index < -0.39 is 17.7 Å². The van der Waals surface area contributed by atoms with Crippen molar-refractivity contribution in [2.45, 2.75) is 57.3 Å². The minimum absolute atomic E-state index is 0.106. The summed E-state index contributed by atoms with van der Waals surface area (Å²) >= 11 is 6.34. The predicted molar refractivity (Wildman–Crippen MR) is 99.5 cm³/mol. The molecule has 3 aliphatic rings.